The zero-order chi connectivity index (χ0) is 15.6. The molecule has 0 aromatic heterocycles. The molecule has 4 nitrogen and oxygen atoms in total. The van der Waals surface area contributed by atoms with Crippen molar-refractivity contribution in [2.24, 2.45) is 0 Å². The maximum absolute atomic E-state index is 12.0. The Morgan fingerprint density at radius 3 is 1.40 bits per heavy atom. The predicted molar refractivity (Wildman–Crippen MR) is 89.7 cm³/mol. The van der Waals surface area contributed by atoms with Crippen LogP contribution in [-0.2, 0) is 9.59 Å². The third-order valence-electron chi connectivity index (χ3n) is 2.50. The molecule has 110 valence electrons. The molecule has 20 heavy (non-hydrogen) atoms. The number of alkyl halides is 2. The highest BCUT2D eigenvalue weighted by Gasteiger charge is 2.26. The highest BCUT2D eigenvalue weighted by atomic mass is 79.9. The van der Waals surface area contributed by atoms with Gasteiger partial charge in [0.05, 0.1) is 20.0 Å². The number of para-hydroxylation sites is 2. The van der Waals surface area contributed by atoms with E-state index in [2.05, 4.69) is 42.5 Å². The molecule has 0 bridgehead atoms. The lowest BCUT2D eigenvalue weighted by atomic mass is 10.1. The van der Waals surface area contributed by atoms with Crippen LogP contribution in [0.5, 0.6) is 0 Å². The van der Waals surface area contributed by atoms with E-state index in [9.17, 15) is 9.59 Å². The van der Waals surface area contributed by atoms with Gasteiger partial charge in [0.15, 0.2) is 0 Å². The maximum Gasteiger partial charge on any atom is 0.240 e. The number of hydrogen-bond acceptors (Lipinski definition) is 2. The number of amides is 2. The van der Waals surface area contributed by atoms with E-state index < -0.39 is 8.65 Å². The molecule has 2 amide bonds. The minimum absolute atomic E-state index is 0.183. The zero-order valence-corrected chi connectivity index (χ0v) is 15.1. The van der Waals surface area contributed by atoms with Crippen LogP contribution < -0.4 is 10.6 Å². The van der Waals surface area contributed by atoms with Gasteiger partial charge in [-0.15, -0.1) is 0 Å². The van der Waals surface area contributed by atoms with E-state index in [1.165, 1.54) is 0 Å². The number of halogens is 2. The van der Waals surface area contributed by atoms with Crippen molar-refractivity contribution in [3.8, 4) is 0 Å². The first kappa shape index (κ1) is 17.2. The normalized spacial score (nSPS) is 11.9. The predicted octanol–water partition coefficient (Wildman–Crippen LogP) is 3.91. The van der Waals surface area contributed by atoms with Gasteiger partial charge in [0.1, 0.15) is 0 Å². The molecule has 2 N–H and O–H groups in total. The topological polar surface area (TPSA) is 58.2 Å². The van der Waals surface area contributed by atoms with Gasteiger partial charge in [-0.25, -0.2) is 0 Å². The van der Waals surface area contributed by atoms with Gasteiger partial charge in [-0.2, -0.15) is 0 Å². The van der Waals surface area contributed by atoms with Crippen LogP contribution in [0.1, 0.15) is 27.7 Å². The second-order valence-corrected chi connectivity index (χ2v) is 9.36. The summed E-state index contributed by atoms with van der Waals surface area (Å²) in [6, 6.07) is 7.08. The van der Waals surface area contributed by atoms with Crippen molar-refractivity contribution in [3.63, 3.8) is 0 Å². The summed E-state index contributed by atoms with van der Waals surface area (Å²) in [7, 11) is 0. The first-order valence-corrected chi connectivity index (χ1v) is 7.70. The molecule has 0 saturated heterocycles. The lowest BCUT2D eigenvalue weighted by molar-refractivity contribution is -0.118. The summed E-state index contributed by atoms with van der Waals surface area (Å²) in [5.74, 6) is -0.366. The summed E-state index contributed by atoms with van der Waals surface area (Å²) in [5.41, 5.74) is 1.13. The fraction of sp³-hybridized carbons (Fsp3) is 0.429. The molecular formula is C14H18Br2N2O2. The van der Waals surface area contributed by atoms with Crippen molar-refractivity contribution < 1.29 is 9.59 Å². The first-order chi connectivity index (χ1) is 9.01. The van der Waals surface area contributed by atoms with E-state index in [4.69, 9.17) is 0 Å². The highest BCUT2D eigenvalue weighted by molar-refractivity contribution is 9.10. The molecule has 0 radical (unpaired) electrons. The van der Waals surface area contributed by atoms with Crippen LogP contribution in [0.25, 0.3) is 0 Å². The standard InChI is InChI=1S/C14H18Br2N2O2/c1-13(2,15)11(19)17-9-7-5-6-8-10(9)18-12(20)14(3,4)16/h5-8H,1-4H3,(H,17,19)(H,18,20). The minimum atomic E-state index is -0.682. The number of benzene rings is 1. The molecule has 0 aliphatic heterocycles. The van der Waals surface area contributed by atoms with Gasteiger partial charge in [0, 0.05) is 0 Å². The van der Waals surface area contributed by atoms with Crippen LogP contribution in [0.2, 0.25) is 0 Å². The molecule has 0 saturated carbocycles. The molecular weight excluding hydrogens is 388 g/mol. The second kappa shape index (κ2) is 6.26. The molecule has 6 heteroatoms. The summed E-state index contributed by atoms with van der Waals surface area (Å²) in [6.07, 6.45) is 0. The molecule has 1 aromatic rings. The van der Waals surface area contributed by atoms with E-state index in [-0.39, 0.29) is 11.8 Å². The first-order valence-electron chi connectivity index (χ1n) is 6.11. The summed E-state index contributed by atoms with van der Waals surface area (Å²) in [4.78, 5) is 24.0. The van der Waals surface area contributed by atoms with Crippen molar-refractivity contribution in [2.75, 3.05) is 10.6 Å². The van der Waals surface area contributed by atoms with Crippen LogP contribution in [0.4, 0.5) is 11.4 Å². The number of carbonyl (C=O) groups excluding carboxylic acids is 2. The Morgan fingerprint density at radius 2 is 1.15 bits per heavy atom. The summed E-state index contributed by atoms with van der Waals surface area (Å²) in [5, 5.41) is 5.58. The Bertz CT molecular complexity index is 470. The quantitative estimate of drug-likeness (QED) is 0.746. The molecule has 0 atom stereocenters. The van der Waals surface area contributed by atoms with Crippen LogP contribution in [-0.4, -0.2) is 20.5 Å². The second-order valence-electron chi connectivity index (χ2n) is 5.40. The molecule has 0 aliphatic carbocycles. The Balaban J connectivity index is 2.95. The summed E-state index contributed by atoms with van der Waals surface area (Å²) >= 11 is 6.60. The molecule has 0 unspecified atom stereocenters. The Labute approximate surface area is 136 Å². The van der Waals surface area contributed by atoms with Crippen molar-refractivity contribution >= 4 is 55.0 Å². The number of carbonyl (C=O) groups is 2. The molecule has 0 spiro atoms. The van der Waals surface area contributed by atoms with Gasteiger partial charge >= 0.3 is 0 Å². The lowest BCUT2D eigenvalue weighted by Gasteiger charge is -2.20. The molecule has 0 aliphatic rings. The SMILES string of the molecule is CC(C)(Br)C(=O)Nc1ccccc1NC(=O)C(C)(C)Br. The van der Waals surface area contributed by atoms with Crippen LogP contribution in [0.3, 0.4) is 0 Å². The third kappa shape index (κ3) is 4.90. The van der Waals surface area contributed by atoms with E-state index in [0.717, 1.165) is 0 Å². The minimum Gasteiger partial charge on any atom is -0.323 e. The monoisotopic (exact) mass is 404 g/mol. The highest BCUT2D eigenvalue weighted by Crippen LogP contribution is 2.26. The zero-order valence-electron chi connectivity index (χ0n) is 11.9. The van der Waals surface area contributed by atoms with Crippen molar-refractivity contribution in [2.45, 2.75) is 36.3 Å². The maximum atomic E-state index is 12.0. The van der Waals surface area contributed by atoms with E-state index >= 15 is 0 Å². The molecule has 0 fully saturated rings. The van der Waals surface area contributed by atoms with Gasteiger partial charge in [-0.1, -0.05) is 44.0 Å². The van der Waals surface area contributed by atoms with Crippen LogP contribution >= 0.6 is 31.9 Å². The molecule has 1 rings (SSSR count). The smallest absolute Gasteiger partial charge is 0.240 e. The number of nitrogens with one attached hydrogen (secondary N) is 2. The van der Waals surface area contributed by atoms with Gasteiger partial charge in [-0.05, 0) is 39.8 Å². The average molecular weight is 406 g/mol. The van der Waals surface area contributed by atoms with E-state index in [1.54, 1.807) is 52.0 Å². The lowest BCUT2D eigenvalue weighted by Crippen LogP contribution is -2.33. The van der Waals surface area contributed by atoms with E-state index in [0.29, 0.717) is 11.4 Å². The molecule has 0 heterocycles. The van der Waals surface area contributed by atoms with Crippen molar-refractivity contribution in [1.29, 1.82) is 0 Å². The van der Waals surface area contributed by atoms with Crippen LogP contribution in [0.15, 0.2) is 24.3 Å². The number of anilines is 2. The summed E-state index contributed by atoms with van der Waals surface area (Å²) in [6.45, 7) is 7.02. The Hall–Kier alpha value is -0.880. The molecule has 1 aromatic carbocycles. The fourth-order valence-corrected chi connectivity index (χ4v) is 1.44. The van der Waals surface area contributed by atoms with Gasteiger partial charge < -0.3 is 10.6 Å². The Kier molecular flexibility index (Phi) is 5.38. The van der Waals surface area contributed by atoms with Gasteiger partial charge in [-0.3, -0.25) is 9.59 Å². The number of hydrogen-bond donors (Lipinski definition) is 2. The van der Waals surface area contributed by atoms with Crippen molar-refractivity contribution in [1.82, 2.24) is 0 Å². The third-order valence-corrected chi connectivity index (χ3v) is 3.22. The number of rotatable bonds is 4. The largest absolute Gasteiger partial charge is 0.323 e. The Morgan fingerprint density at radius 1 is 0.850 bits per heavy atom. The van der Waals surface area contributed by atoms with E-state index in [1.807, 2.05) is 0 Å². The average Bonchev–Trinajstić information content (AvgIpc) is 2.29. The fourth-order valence-electron chi connectivity index (χ4n) is 1.24. The van der Waals surface area contributed by atoms with Crippen molar-refractivity contribution in [3.05, 3.63) is 24.3 Å². The van der Waals surface area contributed by atoms with Crippen LogP contribution in [0, 0.1) is 0 Å². The summed E-state index contributed by atoms with van der Waals surface area (Å²) < 4.78 is -1.36. The van der Waals surface area contributed by atoms with Gasteiger partial charge in [0.2, 0.25) is 11.8 Å². The van der Waals surface area contributed by atoms with Gasteiger partial charge in [0.25, 0.3) is 0 Å².